The van der Waals surface area contributed by atoms with Gasteiger partial charge in [-0.05, 0) is 12.0 Å². The second-order valence-electron chi connectivity index (χ2n) is 5.30. The molecule has 1 fully saturated rings. The number of carbonyl (C=O) groups is 1. The minimum absolute atomic E-state index is 0.00331. The van der Waals surface area contributed by atoms with Crippen molar-refractivity contribution >= 4 is 29.3 Å². The summed E-state index contributed by atoms with van der Waals surface area (Å²) in [5.74, 6) is -0.386. The molecular formula is C13H15N5O4. The average Bonchev–Trinajstić information content (AvgIpc) is 3.00. The zero-order valence-corrected chi connectivity index (χ0v) is 11.9. The average molecular weight is 305 g/mol. The van der Waals surface area contributed by atoms with Gasteiger partial charge < -0.3 is 15.6 Å². The van der Waals surface area contributed by atoms with Crippen molar-refractivity contribution in [3.8, 4) is 0 Å². The fourth-order valence-electron chi connectivity index (χ4n) is 2.45. The Labute approximate surface area is 124 Å². The van der Waals surface area contributed by atoms with Gasteiger partial charge in [0.2, 0.25) is 5.95 Å². The number of esters is 1. The van der Waals surface area contributed by atoms with E-state index in [0.717, 1.165) is 5.57 Å². The van der Waals surface area contributed by atoms with E-state index in [0.29, 0.717) is 12.1 Å². The Bertz CT molecular complexity index is 837. The molecule has 1 aliphatic carbocycles. The van der Waals surface area contributed by atoms with Gasteiger partial charge >= 0.3 is 5.97 Å². The summed E-state index contributed by atoms with van der Waals surface area (Å²) in [4.78, 5) is 33.5. The number of aromatic nitrogens is 4. The van der Waals surface area contributed by atoms with Gasteiger partial charge in [0.15, 0.2) is 11.2 Å². The highest BCUT2D eigenvalue weighted by atomic mass is 16.5. The highest BCUT2D eigenvalue weighted by Gasteiger charge is 2.50. The topological polar surface area (TPSA) is 136 Å². The Kier molecular flexibility index (Phi) is 3.21. The van der Waals surface area contributed by atoms with Gasteiger partial charge in [0, 0.05) is 11.6 Å². The van der Waals surface area contributed by atoms with E-state index >= 15 is 0 Å². The molecule has 2 aromatic heterocycles. The van der Waals surface area contributed by atoms with E-state index in [9.17, 15) is 14.7 Å². The van der Waals surface area contributed by atoms with Crippen LogP contribution in [0.2, 0.25) is 0 Å². The predicted octanol–water partition coefficient (Wildman–Crippen LogP) is -0.512. The van der Waals surface area contributed by atoms with Crippen LogP contribution < -0.4 is 11.3 Å². The number of nitrogens with two attached hydrogens (primary N) is 1. The summed E-state index contributed by atoms with van der Waals surface area (Å²) in [6, 6.07) is 0. The fourth-order valence-corrected chi connectivity index (χ4v) is 2.45. The van der Waals surface area contributed by atoms with Crippen LogP contribution in [-0.2, 0) is 9.53 Å². The number of hydrogen-bond acceptors (Lipinski definition) is 7. The summed E-state index contributed by atoms with van der Waals surface area (Å²) < 4.78 is 6.20. The van der Waals surface area contributed by atoms with Crippen LogP contribution in [0.15, 0.2) is 16.7 Å². The number of fused-ring (bicyclic) bond motifs is 1. The van der Waals surface area contributed by atoms with E-state index in [4.69, 9.17) is 5.73 Å². The van der Waals surface area contributed by atoms with Gasteiger partial charge in [0.05, 0.1) is 20.1 Å². The smallest absolute Gasteiger partial charge is 0.306 e. The first-order chi connectivity index (χ1) is 10.5. The zero-order valence-electron chi connectivity index (χ0n) is 11.9. The molecule has 9 heteroatoms. The summed E-state index contributed by atoms with van der Waals surface area (Å²) in [5, 5.41) is 9.54. The quantitative estimate of drug-likeness (QED) is 0.647. The van der Waals surface area contributed by atoms with Crippen LogP contribution in [0.3, 0.4) is 0 Å². The molecule has 0 aliphatic heterocycles. The second kappa shape index (κ2) is 4.95. The van der Waals surface area contributed by atoms with Crippen molar-refractivity contribution in [2.24, 2.45) is 5.41 Å². The number of ether oxygens (including phenoxy) is 1. The number of imidazole rings is 1. The van der Waals surface area contributed by atoms with Crippen molar-refractivity contribution in [2.75, 3.05) is 19.5 Å². The number of hydrogen-bond donors (Lipinski definition) is 3. The minimum atomic E-state index is -0.601. The Balaban J connectivity index is 1.97. The first-order valence-corrected chi connectivity index (χ1v) is 6.60. The highest BCUT2D eigenvalue weighted by Crippen LogP contribution is 2.55. The fraction of sp³-hybridized carbons (Fsp3) is 0.385. The summed E-state index contributed by atoms with van der Waals surface area (Å²) in [6.07, 6.45) is 3.82. The van der Waals surface area contributed by atoms with Crippen molar-refractivity contribution in [1.82, 2.24) is 19.5 Å². The van der Waals surface area contributed by atoms with Crippen LogP contribution in [0.4, 0.5) is 5.95 Å². The molecule has 22 heavy (non-hydrogen) atoms. The molecule has 1 atom stereocenters. The van der Waals surface area contributed by atoms with Crippen LogP contribution in [-0.4, -0.2) is 44.3 Å². The van der Waals surface area contributed by atoms with Gasteiger partial charge in [-0.15, -0.1) is 0 Å². The van der Waals surface area contributed by atoms with E-state index in [1.807, 2.05) is 0 Å². The molecule has 1 saturated carbocycles. The number of H-pyrrole nitrogens is 1. The van der Waals surface area contributed by atoms with Crippen LogP contribution in [0, 0.1) is 5.41 Å². The van der Waals surface area contributed by atoms with Gasteiger partial charge in [-0.1, -0.05) is 0 Å². The lowest BCUT2D eigenvalue weighted by molar-refractivity contribution is -0.142. The molecule has 4 N–H and O–H groups in total. The summed E-state index contributed by atoms with van der Waals surface area (Å²) in [6.45, 7) is -0.156. The first-order valence-electron chi connectivity index (χ1n) is 6.60. The van der Waals surface area contributed by atoms with Gasteiger partial charge in [0.1, 0.15) is 6.33 Å². The summed E-state index contributed by atoms with van der Waals surface area (Å²) >= 11 is 0. The standard InChI is InChI=1S/C13H15N5O4/c1-22-8(20)3-13(5-19)2-7(13)4-18-6-15-9-10(18)16-12(14)17-11(9)21/h4,6,19H,2-3,5H2,1H3,(H3,14,16,17,21)/b7-4-. The van der Waals surface area contributed by atoms with Crippen LogP contribution in [0.25, 0.3) is 17.4 Å². The first kappa shape index (κ1) is 14.3. The lowest BCUT2D eigenvalue weighted by Crippen LogP contribution is -2.15. The van der Waals surface area contributed by atoms with Crippen molar-refractivity contribution in [1.29, 1.82) is 0 Å². The molecule has 0 saturated heterocycles. The number of rotatable bonds is 4. The number of nitrogens with one attached hydrogen (secondary N) is 1. The van der Waals surface area contributed by atoms with Crippen LogP contribution in [0.5, 0.6) is 0 Å². The van der Waals surface area contributed by atoms with Crippen molar-refractivity contribution < 1.29 is 14.6 Å². The lowest BCUT2D eigenvalue weighted by atomic mass is 10.0. The number of carbonyl (C=O) groups excluding carboxylic acids is 1. The molecule has 0 amide bonds. The maximum absolute atomic E-state index is 11.7. The van der Waals surface area contributed by atoms with Gasteiger partial charge in [-0.25, -0.2) is 4.98 Å². The van der Waals surface area contributed by atoms with Crippen molar-refractivity contribution in [3.05, 3.63) is 22.3 Å². The number of aliphatic hydroxyl groups is 1. The normalized spacial score (nSPS) is 22.2. The molecule has 0 bridgehead atoms. The molecule has 0 radical (unpaired) electrons. The molecule has 0 spiro atoms. The molecule has 2 aromatic rings. The number of methoxy groups -OCH3 is 1. The third kappa shape index (κ3) is 2.25. The number of nitrogen functional groups attached to an aromatic ring is 1. The molecule has 0 aromatic carbocycles. The Morgan fingerprint density at radius 1 is 1.68 bits per heavy atom. The molecule has 2 heterocycles. The summed E-state index contributed by atoms with van der Waals surface area (Å²) in [5.41, 5.74) is 5.88. The molecule has 116 valence electrons. The molecule has 1 unspecified atom stereocenters. The molecular weight excluding hydrogens is 290 g/mol. The lowest BCUT2D eigenvalue weighted by Gasteiger charge is -2.08. The number of aliphatic hydroxyl groups excluding tert-OH is 1. The maximum Gasteiger partial charge on any atom is 0.306 e. The van der Waals surface area contributed by atoms with E-state index in [1.165, 1.54) is 13.4 Å². The second-order valence-corrected chi connectivity index (χ2v) is 5.30. The van der Waals surface area contributed by atoms with E-state index in [2.05, 4.69) is 19.7 Å². The highest BCUT2D eigenvalue weighted by molar-refractivity contribution is 5.75. The monoisotopic (exact) mass is 305 g/mol. The Morgan fingerprint density at radius 3 is 3.14 bits per heavy atom. The number of aromatic amines is 1. The number of anilines is 1. The molecule has 3 rings (SSSR count). The third-order valence-corrected chi connectivity index (χ3v) is 3.84. The molecule has 1 aliphatic rings. The SMILES string of the molecule is COC(=O)CC1(CO)C/C1=C/n1cnc2c(=O)[nH]c(N)nc21. The maximum atomic E-state index is 11.7. The van der Waals surface area contributed by atoms with Gasteiger partial charge in [-0.3, -0.25) is 19.1 Å². The van der Waals surface area contributed by atoms with Crippen molar-refractivity contribution in [3.63, 3.8) is 0 Å². The van der Waals surface area contributed by atoms with Gasteiger partial charge in [0.25, 0.3) is 5.56 Å². The van der Waals surface area contributed by atoms with Crippen molar-refractivity contribution in [2.45, 2.75) is 12.8 Å². The number of nitrogens with zero attached hydrogens (tertiary/aromatic N) is 3. The Hall–Kier alpha value is -2.68. The third-order valence-electron chi connectivity index (χ3n) is 3.84. The van der Waals surface area contributed by atoms with Gasteiger partial charge in [-0.2, -0.15) is 4.98 Å². The molecule has 9 nitrogen and oxygen atoms in total. The zero-order chi connectivity index (χ0) is 15.9. The Morgan fingerprint density at radius 2 is 2.45 bits per heavy atom. The van der Waals surface area contributed by atoms with Crippen LogP contribution >= 0.6 is 0 Å². The minimum Gasteiger partial charge on any atom is -0.469 e. The largest absolute Gasteiger partial charge is 0.469 e. The van der Waals surface area contributed by atoms with Crippen LogP contribution in [0.1, 0.15) is 12.8 Å². The van der Waals surface area contributed by atoms with E-state index in [-0.39, 0.29) is 30.5 Å². The summed E-state index contributed by atoms with van der Waals surface area (Å²) in [7, 11) is 1.31. The predicted molar refractivity (Wildman–Crippen MR) is 77.6 cm³/mol. The van der Waals surface area contributed by atoms with E-state index < -0.39 is 11.0 Å². The van der Waals surface area contributed by atoms with E-state index in [1.54, 1.807) is 10.8 Å².